The van der Waals surface area contributed by atoms with Gasteiger partial charge in [0.1, 0.15) is 0 Å². The third-order valence-electron chi connectivity index (χ3n) is 2.85. The average molecular weight is 268 g/mol. The van der Waals surface area contributed by atoms with E-state index in [1.165, 1.54) is 11.8 Å². The van der Waals surface area contributed by atoms with Crippen LogP contribution in [0.5, 0.6) is 0 Å². The largest absolute Gasteiger partial charge is 0.332 e. The zero-order valence-electron chi connectivity index (χ0n) is 10.4. The first-order chi connectivity index (χ1) is 8.58. The summed E-state index contributed by atoms with van der Waals surface area (Å²) in [6, 6.07) is 0. The molecule has 1 fully saturated rings. The maximum absolute atomic E-state index is 11.8. The van der Waals surface area contributed by atoms with Crippen LogP contribution in [-0.4, -0.2) is 45.1 Å². The van der Waals surface area contributed by atoms with Crippen molar-refractivity contribution in [3.63, 3.8) is 0 Å². The first kappa shape index (κ1) is 12.9. The van der Waals surface area contributed by atoms with Crippen molar-refractivity contribution >= 4 is 28.6 Å². The summed E-state index contributed by atoms with van der Waals surface area (Å²) in [6.07, 6.45) is 0.316. The van der Waals surface area contributed by atoms with E-state index < -0.39 is 0 Å². The normalized spacial score (nSPS) is 15.2. The lowest BCUT2D eigenvalue weighted by atomic mass is 10.3. The molecule has 2 amide bonds. The number of aromatic nitrogens is 2. The van der Waals surface area contributed by atoms with Crippen LogP contribution in [0.4, 0.5) is 10.5 Å². The third-order valence-corrected chi connectivity index (χ3v) is 3.74. The van der Waals surface area contributed by atoms with Gasteiger partial charge in [0.05, 0.1) is 17.1 Å². The van der Waals surface area contributed by atoms with Crippen LogP contribution in [-0.2, 0) is 4.79 Å². The van der Waals surface area contributed by atoms with E-state index in [4.69, 9.17) is 0 Å². The van der Waals surface area contributed by atoms with Gasteiger partial charge in [-0.1, -0.05) is 11.8 Å². The van der Waals surface area contributed by atoms with Crippen molar-refractivity contribution in [2.45, 2.75) is 20.3 Å². The molecule has 0 unspecified atom stereocenters. The summed E-state index contributed by atoms with van der Waals surface area (Å²) >= 11 is 1.31. The molecule has 0 aliphatic carbocycles. The predicted octanol–water partition coefficient (Wildman–Crippen LogP) is 1.52. The molecule has 0 radical (unpaired) electrons. The summed E-state index contributed by atoms with van der Waals surface area (Å²) in [7, 11) is 0. The van der Waals surface area contributed by atoms with Gasteiger partial charge in [0.15, 0.2) is 0 Å². The van der Waals surface area contributed by atoms with Crippen molar-refractivity contribution < 1.29 is 9.59 Å². The number of nitrogens with zero attached hydrogens (tertiary/aromatic N) is 2. The zero-order valence-corrected chi connectivity index (χ0v) is 11.3. The highest BCUT2D eigenvalue weighted by molar-refractivity contribution is 8.13. The van der Waals surface area contributed by atoms with Crippen molar-refractivity contribution in [1.29, 1.82) is 0 Å². The van der Waals surface area contributed by atoms with Crippen LogP contribution in [0.3, 0.4) is 0 Å². The second kappa shape index (κ2) is 5.43. The highest BCUT2D eigenvalue weighted by Crippen LogP contribution is 2.18. The number of thioether (sulfide) groups is 1. The van der Waals surface area contributed by atoms with Gasteiger partial charge in [-0.25, -0.2) is 0 Å². The van der Waals surface area contributed by atoms with Gasteiger partial charge >= 0.3 is 0 Å². The number of anilines is 1. The summed E-state index contributed by atoms with van der Waals surface area (Å²) in [5.41, 5.74) is 2.35. The molecule has 1 aliphatic rings. The smallest absolute Gasteiger partial charge is 0.281 e. The Kier molecular flexibility index (Phi) is 3.90. The highest BCUT2D eigenvalue weighted by atomic mass is 32.2. The van der Waals surface area contributed by atoms with E-state index in [2.05, 4.69) is 15.5 Å². The van der Waals surface area contributed by atoms with E-state index in [-0.39, 0.29) is 11.1 Å². The molecule has 6 nitrogen and oxygen atoms in total. The maximum atomic E-state index is 11.8. The second-order valence-electron chi connectivity index (χ2n) is 4.21. The van der Waals surface area contributed by atoms with Gasteiger partial charge < -0.3 is 10.2 Å². The molecule has 7 heteroatoms. The first-order valence-corrected chi connectivity index (χ1v) is 6.79. The van der Waals surface area contributed by atoms with Crippen molar-refractivity contribution in [3.05, 3.63) is 11.4 Å². The van der Waals surface area contributed by atoms with Gasteiger partial charge in [0, 0.05) is 25.3 Å². The molecule has 98 valence electrons. The number of amides is 2. The Morgan fingerprint density at radius 2 is 2.33 bits per heavy atom. The summed E-state index contributed by atoms with van der Waals surface area (Å²) in [5.74, 6) is 0.729. The van der Waals surface area contributed by atoms with E-state index in [9.17, 15) is 9.59 Å². The number of carbonyl (C=O) groups is 2. The lowest BCUT2D eigenvalue weighted by Crippen LogP contribution is -2.27. The molecule has 2 N–H and O–H groups in total. The molecule has 2 rings (SSSR count). The van der Waals surface area contributed by atoms with Gasteiger partial charge in [-0.2, -0.15) is 5.10 Å². The van der Waals surface area contributed by atoms with E-state index in [1.54, 1.807) is 4.90 Å². The van der Waals surface area contributed by atoms with Crippen LogP contribution < -0.4 is 5.32 Å². The number of rotatable bonds is 4. The molecular formula is C11H16N4O2S. The van der Waals surface area contributed by atoms with Crippen LogP contribution in [0.2, 0.25) is 0 Å². The number of hydrogen-bond acceptors (Lipinski definition) is 4. The zero-order chi connectivity index (χ0) is 13.1. The number of H-pyrrole nitrogens is 1. The van der Waals surface area contributed by atoms with E-state index in [0.29, 0.717) is 13.0 Å². The van der Waals surface area contributed by atoms with Crippen LogP contribution in [0.15, 0.2) is 0 Å². The maximum Gasteiger partial charge on any atom is 0.281 e. The topological polar surface area (TPSA) is 78.1 Å². The minimum absolute atomic E-state index is 0.0680. The molecule has 1 aromatic heterocycles. The SMILES string of the molecule is Cc1n[nH]c(C)c1NC(=O)CCN1CCSC1=O. The number of aromatic amines is 1. The van der Waals surface area contributed by atoms with Crippen molar-refractivity contribution in [2.75, 3.05) is 24.2 Å². The van der Waals surface area contributed by atoms with E-state index in [0.717, 1.165) is 29.4 Å². The van der Waals surface area contributed by atoms with Gasteiger partial charge in [0.2, 0.25) is 5.91 Å². The Morgan fingerprint density at radius 3 is 2.89 bits per heavy atom. The molecule has 0 atom stereocenters. The Bertz CT molecular complexity index is 452. The number of carbonyl (C=O) groups excluding carboxylic acids is 2. The fourth-order valence-corrected chi connectivity index (χ4v) is 2.65. The fraction of sp³-hybridized carbons (Fsp3) is 0.545. The summed E-state index contributed by atoms with van der Waals surface area (Å²) < 4.78 is 0. The molecule has 1 aromatic rings. The third kappa shape index (κ3) is 2.84. The fourth-order valence-electron chi connectivity index (χ4n) is 1.80. The van der Waals surface area contributed by atoms with Crippen molar-refractivity contribution in [1.82, 2.24) is 15.1 Å². The molecular weight excluding hydrogens is 252 g/mol. The molecule has 0 aromatic carbocycles. The predicted molar refractivity (Wildman–Crippen MR) is 70.7 cm³/mol. The van der Waals surface area contributed by atoms with Crippen LogP contribution in [0.25, 0.3) is 0 Å². The summed E-state index contributed by atoms with van der Waals surface area (Å²) in [4.78, 5) is 24.8. The van der Waals surface area contributed by atoms with Gasteiger partial charge in [-0.05, 0) is 13.8 Å². The summed E-state index contributed by atoms with van der Waals surface area (Å²) in [5, 5.41) is 9.71. The Morgan fingerprint density at radius 1 is 1.56 bits per heavy atom. The van der Waals surface area contributed by atoms with Gasteiger partial charge in [-0.3, -0.25) is 14.7 Å². The summed E-state index contributed by atoms with van der Waals surface area (Å²) in [6.45, 7) is 4.91. The molecule has 0 saturated carbocycles. The molecule has 0 bridgehead atoms. The highest BCUT2D eigenvalue weighted by Gasteiger charge is 2.21. The van der Waals surface area contributed by atoms with Crippen molar-refractivity contribution in [3.8, 4) is 0 Å². The number of hydrogen-bond donors (Lipinski definition) is 2. The average Bonchev–Trinajstić information content (AvgIpc) is 2.87. The number of nitrogens with one attached hydrogen (secondary N) is 2. The van der Waals surface area contributed by atoms with Crippen LogP contribution >= 0.6 is 11.8 Å². The van der Waals surface area contributed by atoms with Crippen LogP contribution in [0, 0.1) is 13.8 Å². The van der Waals surface area contributed by atoms with Gasteiger partial charge in [-0.15, -0.1) is 0 Å². The Labute approximate surface area is 109 Å². The second-order valence-corrected chi connectivity index (χ2v) is 5.25. The Hall–Kier alpha value is -1.50. The monoisotopic (exact) mass is 268 g/mol. The Balaban J connectivity index is 1.84. The number of aryl methyl sites for hydroxylation is 2. The molecule has 0 spiro atoms. The molecule has 18 heavy (non-hydrogen) atoms. The lowest BCUT2D eigenvalue weighted by molar-refractivity contribution is -0.116. The van der Waals surface area contributed by atoms with E-state index in [1.807, 2.05) is 13.8 Å². The van der Waals surface area contributed by atoms with Gasteiger partial charge in [0.25, 0.3) is 5.24 Å². The quantitative estimate of drug-likeness (QED) is 0.868. The van der Waals surface area contributed by atoms with Crippen LogP contribution in [0.1, 0.15) is 17.8 Å². The molecule has 1 aliphatic heterocycles. The minimum Gasteiger partial charge on any atom is -0.332 e. The van der Waals surface area contributed by atoms with E-state index >= 15 is 0 Å². The standard InChI is InChI=1S/C11H16N4O2S/c1-7-10(8(2)14-13-7)12-9(16)3-4-15-5-6-18-11(15)17/h3-6H2,1-2H3,(H,12,16)(H,13,14). The molecule has 2 heterocycles. The first-order valence-electron chi connectivity index (χ1n) is 5.81. The van der Waals surface area contributed by atoms with Crippen molar-refractivity contribution in [2.24, 2.45) is 0 Å². The minimum atomic E-state index is -0.0905. The lowest BCUT2D eigenvalue weighted by Gasteiger charge is -2.13. The molecule has 1 saturated heterocycles.